The van der Waals surface area contributed by atoms with E-state index in [9.17, 15) is 22.8 Å². The van der Waals surface area contributed by atoms with Gasteiger partial charge in [0.15, 0.2) is 5.69 Å². The van der Waals surface area contributed by atoms with Gasteiger partial charge in [-0.25, -0.2) is 4.68 Å². The number of methoxy groups -OCH3 is 1. The van der Waals surface area contributed by atoms with Gasteiger partial charge in [-0.3, -0.25) is 9.59 Å². The van der Waals surface area contributed by atoms with Crippen molar-refractivity contribution in [1.82, 2.24) is 15.1 Å². The van der Waals surface area contributed by atoms with Crippen LogP contribution in [0.1, 0.15) is 59.9 Å². The van der Waals surface area contributed by atoms with Crippen molar-refractivity contribution < 1.29 is 27.5 Å². The third-order valence-electron chi connectivity index (χ3n) is 7.65. The highest BCUT2D eigenvalue weighted by molar-refractivity contribution is 6.07. The van der Waals surface area contributed by atoms with Crippen LogP contribution in [0, 0.1) is 0 Å². The molecule has 3 aromatic rings. The summed E-state index contributed by atoms with van der Waals surface area (Å²) in [6, 6.07) is 13.9. The molecule has 1 aliphatic heterocycles. The van der Waals surface area contributed by atoms with E-state index >= 15 is 0 Å². The molecule has 7 nitrogen and oxygen atoms in total. The Morgan fingerprint density at radius 1 is 1.08 bits per heavy atom. The van der Waals surface area contributed by atoms with Gasteiger partial charge in [-0.1, -0.05) is 25.5 Å². The number of fused-ring (bicyclic) bond motifs is 1. The number of hydrogen-bond donors (Lipinski definition) is 1. The van der Waals surface area contributed by atoms with Crippen LogP contribution in [0.5, 0.6) is 5.75 Å². The highest BCUT2D eigenvalue weighted by atomic mass is 19.4. The smallest absolute Gasteiger partial charge is 0.435 e. The van der Waals surface area contributed by atoms with Crippen molar-refractivity contribution in [2.75, 3.05) is 25.1 Å². The third-order valence-corrected chi connectivity index (χ3v) is 7.65. The fourth-order valence-corrected chi connectivity index (χ4v) is 5.30. The lowest BCUT2D eigenvalue weighted by Crippen LogP contribution is -2.45. The Balaban J connectivity index is 1.46. The number of nitrogens with zero attached hydrogens (tertiary/aromatic N) is 3. The topological polar surface area (TPSA) is 76.5 Å². The van der Waals surface area contributed by atoms with E-state index in [-0.39, 0.29) is 35.5 Å². The summed E-state index contributed by atoms with van der Waals surface area (Å²) in [5, 5.41) is 6.84. The zero-order valence-electron chi connectivity index (χ0n) is 21.3. The predicted molar refractivity (Wildman–Crippen MR) is 136 cm³/mol. The summed E-state index contributed by atoms with van der Waals surface area (Å²) in [5.74, 6) is 0.0121. The summed E-state index contributed by atoms with van der Waals surface area (Å²) in [7, 11) is 1.49. The molecule has 1 saturated carbocycles. The second kappa shape index (κ2) is 9.81. The fourth-order valence-electron chi connectivity index (χ4n) is 5.30. The Morgan fingerprint density at radius 2 is 1.74 bits per heavy atom. The molecule has 1 fully saturated rings. The first-order chi connectivity index (χ1) is 18.2. The lowest BCUT2D eigenvalue weighted by atomic mass is 9.64. The number of rotatable bonds is 7. The lowest BCUT2D eigenvalue weighted by Gasteiger charge is -2.43. The molecule has 38 heavy (non-hydrogen) atoms. The molecule has 5 rings (SSSR count). The van der Waals surface area contributed by atoms with Crippen LogP contribution < -0.4 is 15.0 Å². The highest BCUT2D eigenvalue weighted by Gasteiger charge is 2.44. The number of benzene rings is 2. The van der Waals surface area contributed by atoms with E-state index in [2.05, 4.69) is 10.4 Å². The maximum absolute atomic E-state index is 13.9. The molecule has 0 atom stereocenters. The Morgan fingerprint density at radius 3 is 2.29 bits per heavy atom. The summed E-state index contributed by atoms with van der Waals surface area (Å²) < 4.78 is 47.8. The quantitative estimate of drug-likeness (QED) is 0.468. The average Bonchev–Trinajstić information content (AvgIpc) is 3.30. The molecule has 0 spiro atoms. The number of hydrogen-bond acceptors (Lipinski definition) is 4. The molecule has 1 N–H and O–H groups in total. The summed E-state index contributed by atoms with van der Waals surface area (Å²) >= 11 is 0. The van der Waals surface area contributed by atoms with Gasteiger partial charge in [-0.2, -0.15) is 18.3 Å². The molecule has 2 aromatic carbocycles. The van der Waals surface area contributed by atoms with Crippen LogP contribution in [0.3, 0.4) is 0 Å². The maximum Gasteiger partial charge on any atom is 0.435 e. The first-order valence-corrected chi connectivity index (χ1v) is 12.7. The average molecular weight is 527 g/mol. The summed E-state index contributed by atoms with van der Waals surface area (Å²) in [4.78, 5) is 27.0. The van der Waals surface area contributed by atoms with Crippen molar-refractivity contribution in [2.45, 2.75) is 50.6 Å². The zero-order valence-corrected chi connectivity index (χ0v) is 21.3. The van der Waals surface area contributed by atoms with Crippen molar-refractivity contribution in [1.29, 1.82) is 0 Å². The normalized spacial score (nSPS) is 16.6. The number of carbonyl (C=O) groups excluding carboxylic acids is 2. The Kier molecular flexibility index (Phi) is 6.66. The zero-order chi connectivity index (χ0) is 27.1. The standard InChI is InChI=1S/C28H29F3N4O3/c1-3-23(36)32-17-27(14-4-15-27)18-5-7-19(8-6-18)34-16-13-22-24(26(34)37)35(33-25(22)28(29,30)31)20-9-11-21(38-2)12-10-20/h5-12H,3-4,13-17H2,1-2H3,(H,32,36). The van der Waals surface area contributed by atoms with Crippen molar-refractivity contribution in [3.05, 3.63) is 71.0 Å². The number of aromatic nitrogens is 2. The van der Waals surface area contributed by atoms with Gasteiger partial charge in [0.1, 0.15) is 11.4 Å². The van der Waals surface area contributed by atoms with Crippen molar-refractivity contribution in [2.24, 2.45) is 0 Å². The van der Waals surface area contributed by atoms with Crippen LogP contribution in [0.2, 0.25) is 0 Å². The number of amides is 2. The molecule has 1 aliphatic carbocycles. The summed E-state index contributed by atoms with van der Waals surface area (Å²) in [5.41, 5.74) is 0.680. The van der Waals surface area contributed by atoms with Gasteiger partial charge in [0.2, 0.25) is 5.91 Å². The molecule has 2 aliphatic rings. The van der Waals surface area contributed by atoms with E-state index in [1.54, 1.807) is 24.3 Å². The van der Waals surface area contributed by atoms with Gasteiger partial charge in [-0.15, -0.1) is 0 Å². The van der Waals surface area contributed by atoms with E-state index in [0.29, 0.717) is 30.1 Å². The molecule has 2 amide bonds. The van der Waals surface area contributed by atoms with Crippen molar-refractivity contribution in [3.63, 3.8) is 0 Å². The Hall–Kier alpha value is -3.82. The number of ether oxygens (including phenoxy) is 1. The van der Waals surface area contributed by atoms with Crippen LogP contribution in [0.25, 0.3) is 5.69 Å². The van der Waals surface area contributed by atoms with Gasteiger partial charge in [0, 0.05) is 36.2 Å². The Bertz CT molecular complexity index is 1340. The minimum Gasteiger partial charge on any atom is -0.497 e. The third kappa shape index (κ3) is 4.52. The molecule has 0 unspecified atom stereocenters. The fraction of sp³-hybridized carbons (Fsp3) is 0.393. The number of anilines is 1. The molecular weight excluding hydrogens is 497 g/mol. The van der Waals surface area contributed by atoms with E-state index in [1.807, 2.05) is 31.2 Å². The second-order valence-corrected chi connectivity index (χ2v) is 9.80. The molecule has 0 radical (unpaired) electrons. The largest absolute Gasteiger partial charge is 0.497 e. The second-order valence-electron chi connectivity index (χ2n) is 9.80. The minimum atomic E-state index is -4.68. The molecule has 10 heteroatoms. The molecule has 200 valence electrons. The van der Waals surface area contributed by atoms with E-state index < -0.39 is 17.8 Å². The first kappa shape index (κ1) is 25.8. The van der Waals surface area contributed by atoms with Gasteiger partial charge in [-0.05, 0) is 61.2 Å². The summed E-state index contributed by atoms with van der Waals surface area (Å²) in [6.45, 7) is 2.49. The van der Waals surface area contributed by atoms with Crippen molar-refractivity contribution >= 4 is 17.5 Å². The van der Waals surface area contributed by atoms with Crippen LogP contribution >= 0.6 is 0 Å². The van der Waals surface area contributed by atoms with Gasteiger partial charge >= 0.3 is 6.18 Å². The SMILES string of the molecule is CCC(=O)NCC1(c2ccc(N3CCc4c(C(F)(F)F)nn(-c5ccc(OC)cc5)c4C3=O)cc2)CCC1. The summed E-state index contributed by atoms with van der Waals surface area (Å²) in [6.07, 6.45) is -1.23. The molecule has 2 heterocycles. The van der Waals surface area contributed by atoms with Crippen LogP contribution in [-0.4, -0.2) is 41.8 Å². The first-order valence-electron chi connectivity index (χ1n) is 12.7. The van der Waals surface area contributed by atoms with Gasteiger partial charge < -0.3 is 15.0 Å². The number of carbonyl (C=O) groups is 2. The number of nitrogens with one attached hydrogen (secondary N) is 1. The predicted octanol–water partition coefficient (Wildman–Crippen LogP) is 5.05. The highest BCUT2D eigenvalue weighted by Crippen LogP contribution is 2.44. The number of alkyl halides is 3. The van der Waals surface area contributed by atoms with Crippen LogP contribution in [0.4, 0.5) is 18.9 Å². The molecular formula is C28H29F3N4O3. The van der Waals surface area contributed by atoms with Gasteiger partial charge in [0.05, 0.1) is 12.8 Å². The van der Waals surface area contributed by atoms with Crippen LogP contribution in [-0.2, 0) is 22.8 Å². The lowest BCUT2D eigenvalue weighted by molar-refractivity contribution is -0.142. The molecule has 0 saturated heterocycles. The number of halogens is 3. The Labute approximate surface area is 218 Å². The van der Waals surface area contributed by atoms with Gasteiger partial charge in [0.25, 0.3) is 5.91 Å². The van der Waals surface area contributed by atoms with E-state index in [4.69, 9.17) is 4.74 Å². The monoisotopic (exact) mass is 526 g/mol. The van der Waals surface area contributed by atoms with E-state index in [0.717, 1.165) is 29.5 Å². The molecule has 0 bridgehead atoms. The van der Waals surface area contributed by atoms with Crippen molar-refractivity contribution in [3.8, 4) is 11.4 Å². The molecule has 1 aromatic heterocycles. The minimum absolute atomic E-state index is 0.00862. The van der Waals surface area contributed by atoms with E-state index in [1.165, 1.54) is 12.0 Å². The maximum atomic E-state index is 13.9. The van der Waals surface area contributed by atoms with Crippen LogP contribution in [0.15, 0.2) is 48.5 Å².